The normalized spacial score (nSPS) is 13.9. The molecular formula is C14H19ClN2O. The minimum absolute atomic E-state index is 0.0883. The Morgan fingerprint density at radius 2 is 2.17 bits per heavy atom. The summed E-state index contributed by atoms with van der Waals surface area (Å²) in [5, 5.41) is 2.79. The molecule has 1 aliphatic carbocycles. The molecule has 0 saturated carbocycles. The number of halogens is 1. The third kappa shape index (κ3) is 2.78. The van der Waals surface area contributed by atoms with Crippen molar-refractivity contribution >= 4 is 23.3 Å². The van der Waals surface area contributed by atoms with Gasteiger partial charge in [-0.25, -0.2) is 4.79 Å². The van der Waals surface area contributed by atoms with Gasteiger partial charge < -0.3 is 5.32 Å². The lowest BCUT2D eigenvalue weighted by molar-refractivity contribution is 0.248. The second kappa shape index (κ2) is 6.10. The maximum Gasteiger partial charge on any atom is 0.321 e. The number of fused-ring (bicyclic) bond motifs is 1. The molecule has 2 rings (SSSR count). The summed E-state index contributed by atoms with van der Waals surface area (Å²) in [5.74, 6) is 0.437. The van der Waals surface area contributed by atoms with Crippen LogP contribution in [0.25, 0.3) is 0 Å². The van der Waals surface area contributed by atoms with Crippen LogP contribution in [-0.2, 0) is 12.8 Å². The molecule has 0 radical (unpaired) electrons. The first kappa shape index (κ1) is 13.2. The maximum absolute atomic E-state index is 11.9. The van der Waals surface area contributed by atoms with Crippen LogP contribution in [0.1, 0.15) is 24.0 Å². The van der Waals surface area contributed by atoms with Crippen molar-refractivity contribution in [2.24, 2.45) is 0 Å². The van der Waals surface area contributed by atoms with Crippen molar-refractivity contribution in [3.8, 4) is 0 Å². The van der Waals surface area contributed by atoms with Crippen molar-refractivity contribution in [2.45, 2.75) is 25.7 Å². The van der Waals surface area contributed by atoms with Gasteiger partial charge in [0, 0.05) is 25.2 Å². The number of rotatable bonds is 3. The zero-order valence-electron chi connectivity index (χ0n) is 10.7. The molecule has 2 amide bonds. The molecule has 0 atom stereocenters. The topological polar surface area (TPSA) is 32.3 Å². The van der Waals surface area contributed by atoms with Crippen LogP contribution in [0, 0.1) is 0 Å². The summed E-state index contributed by atoms with van der Waals surface area (Å²) < 4.78 is 0. The average Bonchev–Trinajstić information content (AvgIpc) is 2.43. The fourth-order valence-electron chi connectivity index (χ4n) is 2.46. The van der Waals surface area contributed by atoms with Gasteiger partial charge in [0.1, 0.15) is 0 Å². The van der Waals surface area contributed by atoms with Crippen molar-refractivity contribution in [3.05, 3.63) is 29.3 Å². The number of hydrogen-bond donors (Lipinski definition) is 1. The number of hydrogen-bond acceptors (Lipinski definition) is 1. The molecule has 1 aliphatic rings. The summed E-state index contributed by atoms with van der Waals surface area (Å²) in [7, 11) is 1.81. The van der Waals surface area contributed by atoms with Gasteiger partial charge in [0.25, 0.3) is 0 Å². The highest BCUT2D eigenvalue weighted by atomic mass is 35.5. The molecule has 0 fully saturated rings. The van der Waals surface area contributed by atoms with Crippen LogP contribution in [0.4, 0.5) is 10.5 Å². The van der Waals surface area contributed by atoms with Crippen LogP contribution >= 0.6 is 11.6 Å². The smallest absolute Gasteiger partial charge is 0.321 e. The van der Waals surface area contributed by atoms with E-state index in [1.165, 1.54) is 24.0 Å². The average molecular weight is 267 g/mol. The number of amides is 2. The van der Waals surface area contributed by atoms with Gasteiger partial charge in [0.2, 0.25) is 0 Å². The summed E-state index contributed by atoms with van der Waals surface area (Å²) >= 11 is 5.58. The molecule has 0 unspecified atom stereocenters. The van der Waals surface area contributed by atoms with Gasteiger partial charge in [-0.05, 0) is 42.9 Å². The van der Waals surface area contributed by atoms with Crippen molar-refractivity contribution in [1.29, 1.82) is 0 Å². The molecule has 4 heteroatoms. The molecule has 0 saturated heterocycles. The maximum atomic E-state index is 11.9. The van der Waals surface area contributed by atoms with Crippen molar-refractivity contribution < 1.29 is 4.79 Å². The highest BCUT2D eigenvalue weighted by Gasteiger charge is 2.18. The lowest BCUT2D eigenvalue weighted by Gasteiger charge is -2.25. The van der Waals surface area contributed by atoms with E-state index < -0.39 is 0 Å². The fraction of sp³-hybridized carbons (Fsp3) is 0.500. The third-order valence-corrected chi connectivity index (χ3v) is 3.60. The van der Waals surface area contributed by atoms with Crippen LogP contribution in [-0.4, -0.2) is 25.5 Å². The number of carbonyl (C=O) groups is 1. The van der Waals surface area contributed by atoms with Gasteiger partial charge >= 0.3 is 6.03 Å². The first-order valence-electron chi connectivity index (χ1n) is 6.42. The minimum atomic E-state index is -0.0883. The van der Waals surface area contributed by atoms with E-state index in [0.29, 0.717) is 12.4 Å². The van der Waals surface area contributed by atoms with Crippen LogP contribution < -0.4 is 10.2 Å². The fourth-order valence-corrected chi connectivity index (χ4v) is 2.55. The molecular weight excluding hydrogens is 248 g/mol. The number of anilines is 1. The van der Waals surface area contributed by atoms with E-state index in [1.54, 1.807) is 4.90 Å². The van der Waals surface area contributed by atoms with Crippen LogP contribution in [0.3, 0.4) is 0 Å². The quantitative estimate of drug-likeness (QED) is 0.839. The molecule has 3 nitrogen and oxygen atoms in total. The molecule has 98 valence electrons. The number of aryl methyl sites for hydroxylation is 1. The molecule has 18 heavy (non-hydrogen) atoms. The Bertz CT molecular complexity index is 434. The second-order valence-corrected chi connectivity index (χ2v) is 4.98. The van der Waals surface area contributed by atoms with Crippen LogP contribution in [0.5, 0.6) is 0 Å². The lowest BCUT2D eigenvalue weighted by Crippen LogP contribution is -2.38. The summed E-state index contributed by atoms with van der Waals surface area (Å²) in [6, 6.07) is 6.13. The summed E-state index contributed by atoms with van der Waals surface area (Å²) in [4.78, 5) is 13.6. The van der Waals surface area contributed by atoms with Crippen LogP contribution in [0.2, 0.25) is 0 Å². The molecule has 0 aliphatic heterocycles. The predicted octanol–water partition coefficient (Wildman–Crippen LogP) is 2.95. The Morgan fingerprint density at radius 3 is 2.94 bits per heavy atom. The van der Waals surface area contributed by atoms with E-state index in [1.807, 2.05) is 19.2 Å². The van der Waals surface area contributed by atoms with E-state index in [2.05, 4.69) is 11.4 Å². The third-order valence-electron chi connectivity index (χ3n) is 3.41. The zero-order chi connectivity index (χ0) is 13.0. The largest absolute Gasteiger partial charge is 0.337 e. The van der Waals surface area contributed by atoms with Gasteiger partial charge in [0.15, 0.2) is 0 Å². The second-order valence-electron chi connectivity index (χ2n) is 4.60. The number of carbonyl (C=O) groups excluding carboxylic acids is 1. The summed E-state index contributed by atoms with van der Waals surface area (Å²) in [6.07, 6.45) is 4.65. The zero-order valence-corrected chi connectivity index (χ0v) is 11.5. The SMILES string of the molecule is CN(C(=O)NCCCl)c1cccc2c1CCCC2. The first-order valence-corrected chi connectivity index (χ1v) is 6.96. The molecule has 0 heterocycles. The van der Waals surface area contributed by atoms with Gasteiger partial charge in [0.05, 0.1) is 0 Å². The lowest BCUT2D eigenvalue weighted by atomic mass is 9.90. The van der Waals surface area contributed by atoms with E-state index in [4.69, 9.17) is 11.6 Å². The van der Waals surface area contributed by atoms with Gasteiger partial charge in [-0.15, -0.1) is 11.6 Å². The van der Waals surface area contributed by atoms with Crippen molar-refractivity contribution in [1.82, 2.24) is 5.32 Å². The predicted molar refractivity (Wildman–Crippen MR) is 75.6 cm³/mol. The molecule has 1 N–H and O–H groups in total. The number of alkyl halides is 1. The standard InChI is InChI=1S/C14H19ClN2O/c1-17(14(18)16-10-9-15)13-8-4-6-11-5-2-3-7-12(11)13/h4,6,8H,2-3,5,7,9-10H2,1H3,(H,16,18). The van der Waals surface area contributed by atoms with E-state index in [9.17, 15) is 4.79 Å². The Kier molecular flexibility index (Phi) is 4.48. The molecule has 1 aromatic carbocycles. The molecule has 0 spiro atoms. The Balaban J connectivity index is 2.19. The number of nitrogens with zero attached hydrogens (tertiary/aromatic N) is 1. The van der Waals surface area contributed by atoms with Gasteiger partial charge in [-0.1, -0.05) is 12.1 Å². The van der Waals surface area contributed by atoms with Gasteiger partial charge in [-0.3, -0.25) is 4.90 Å². The monoisotopic (exact) mass is 266 g/mol. The first-order chi connectivity index (χ1) is 8.74. The Morgan fingerprint density at radius 1 is 1.39 bits per heavy atom. The van der Waals surface area contributed by atoms with E-state index >= 15 is 0 Å². The van der Waals surface area contributed by atoms with E-state index in [-0.39, 0.29) is 6.03 Å². The highest BCUT2D eigenvalue weighted by Crippen LogP contribution is 2.29. The highest BCUT2D eigenvalue weighted by molar-refractivity contribution is 6.18. The van der Waals surface area contributed by atoms with E-state index in [0.717, 1.165) is 18.5 Å². The van der Waals surface area contributed by atoms with Gasteiger partial charge in [-0.2, -0.15) is 0 Å². The Labute approximate surface area is 113 Å². The van der Waals surface area contributed by atoms with Crippen molar-refractivity contribution in [2.75, 3.05) is 24.4 Å². The summed E-state index contributed by atoms with van der Waals surface area (Å²) in [6.45, 7) is 0.500. The minimum Gasteiger partial charge on any atom is -0.337 e. The Hall–Kier alpha value is -1.22. The summed E-state index contributed by atoms with van der Waals surface area (Å²) in [5.41, 5.74) is 3.74. The molecule has 0 aromatic heterocycles. The number of benzene rings is 1. The van der Waals surface area contributed by atoms with Crippen LogP contribution in [0.15, 0.2) is 18.2 Å². The number of urea groups is 1. The van der Waals surface area contributed by atoms with Crippen molar-refractivity contribution in [3.63, 3.8) is 0 Å². The molecule has 1 aromatic rings. The molecule has 0 bridgehead atoms. The number of nitrogens with one attached hydrogen (secondary N) is 1.